The quantitative estimate of drug-likeness (QED) is 0.874. The molecule has 0 atom stereocenters. The first-order valence-electron chi connectivity index (χ1n) is 5.54. The Labute approximate surface area is 102 Å². The SMILES string of the molecule is O=C(O)c1cc(C(F)(F)F)ccc1CNC1CC1. The first kappa shape index (κ1) is 12.9. The molecule has 1 fully saturated rings. The lowest BCUT2D eigenvalue weighted by atomic mass is 10.0. The molecule has 0 radical (unpaired) electrons. The van der Waals surface area contributed by atoms with Crippen molar-refractivity contribution in [3.8, 4) is 0 Å². The maximum Gasteiger partial charge on any atom is 0.416 e. The zero-order chi connectivity index (χ0) is 13.3. The standard InChI is InChI=1S/C12H12F3NO2/c13-12(14,15)8-2-1-7(6-16-9-3-4-9)10(5-8)11(17)18/h1-2,5,9,16H,3-4,6H2,(H,17,18). The Morgan fingerprint density at radius 3 is 2.56 bits per heavy atom. The van der Waals surface area contributed by atoms with Gasteiger partial charge in [0.25, 0.3) is 0 Å². The van der Waals surface area contributed by atoms with Crippen molar-refractivity contribution in [2.75, 3.05) is 0 Å². The minimum Gasteiger partial charge on any atom is -0.478 e. The molecule has 1 aromatic carbocycles. The van der Waals surface area contributed by atoms with E-state index in [0.717, 1.165) is 18.9 Å². The molecule has 1 aromatic rings. The molecule has 0 heterocycles. The number of carboxylic acid groups (broad SMARTS) is 1. The summed E-state index contributed by atoms with van der Waals surface area (Å²) < 4.78 is 37.4. The van der Waals surface area contributed by atoms with Gasteiger partial charge in [-0.3, -0.25) is 0 Å². The number of hydrogen-bond acceptors (Lipinski definition) is 2. The lowest BCUT2D eigenvalue weighted by Gasteiger charge is -2.11. The smallest absolute Gasteiger partial charge is 0.416 e. The molecule has 3 nitrogen and oxygen atoms in total. The third-order valence-electron chi connectivity index (χ3n) is 2.83. The molecule has 0 unspecified atom stereocenters. The number of nitrogens with one attached hydrogen (secondary N) is 1. The molecule has 0 aliphatic heterocycles. The van der Waals surface area contributed by atoms with Gasteiger partial charge in [-0.15, -0.1) is 0 Å². The Kier molecular flexibility index (Phi) is 3.30. The van der Waals surface area contributed by atoms with Gasteiger partial charge in [-0.1, -0.05) is 6.07 Å². The van der Waals surface area contributed by atoms with Crippen molar-refractivity contribution < 1.29 is 23.1 Å². The second-order valence-corrected chi connectivity index (χ2v) is 4.33. The number of alkyl halides is 3. The van der Waals surface area contributed by atoms with Gasteiger partial charge in [0.2, 0.25) is 0 Å². The van der Waals surface area contributed by atoms with E-state index < -0.39 is 17.7 Å². The molecule has 0 amide bonds. The first-order valence-corrected chi connectivity index (χ1v) is 5.54. The molecule has 2 rings (SSSR count). The summed E-state index contributed by atoms with van der Waals surface area (Å²) >= 11 is 0. The number of carbonyl (C=O) groups is 1. The first-order chi connectivity index (χ1) is 8.38. The van der Waals surface area contributed by atoms with E-state index >= 15 is 0 Å². The highest BCUT2D eigenvalue weighted by Gasteiger charge is 2.32. The van der Waals surface area contributed by atoms with Crippen LogP contribution in [0.25, 0.3) is 0 Å². The van der Waals surface area contributed by atoms with Crippen molar-refractivity contribution in [1.82, 2.24) is 5.32 Å². The fourth-order valence-corrected chi connectivity index (χ4v) is 1.65. The molecule has 6 heteroatoms. The Bertz CT molecular complexity index is 467. The van der Waals surface area contributed by atoms with Gasteiger partial charge in [0.1, 0.15) is 0 Å². The molecule has 0 aromatic heterocycles. The van der Waals surface area contributed by atoms with Crippen LogP contribution in [0.5, 0.6) is 0 Å². The van der Waals surface area contributed by atoms with Crippen LogP contribution in [-0.4, -0.2) is 17.1 Å². The van der Waals surface area contributed by atoms with Crippen molar-refractivity contribution in [3.63, 3.8) is 0 Å². The van der Waals surface area contributed by atoms with Gasteiger partial charge < -0.3 is 10.4 Å². The monoisotopic (exact) mass is 259 g/mol. The lowest BCUT2D eigenvalue weighted by Crippen LogP contribution is -2.18. The van der Waals surface area contributed by atoms with Crippen LogP contribution in [0.2, 0.25) is 0 Å². The van der Waals surface area contributed by atoms with Gasteiger partial charge in [0.05, 0.1) is 11.1 Å². The maximum atomic E-state index is 12.5. The Hall–Kier alpha value is -1.56. The van der Waals surface area contributed by atoms with E-state index in [4.69, 9.17) is 5.11 Å². The van der Waals surface area contributed by atoms with Crippen LogP contribution >= 0.6 is 0 Å². The Morgan fingerprint density at radius 2 is 2.06 bits per heavy atom. The second kappa shape index (κ2) is 4.61. The molecule has 0 bridgehead atoms. The van der Waals surface area contributed by atoms with Crippen molar-refractivity contribution >= 4 is 5.97 Å². The van der Waals surface area contributed by atoms with Crippen LogP contribution < -0.4 is 5.32 Å². The summed E-state index contributed by atoms with van der Waals surface area (Å²) in [6.07, 6.45) is -2.46. The highest BCUT2D eigenvalue weighted by atomic mass is 19.4. The summed E-state index contributed by atoms with van der Waals surface area (Å²) in [4.78, 5) is 11.0. The summed E-state index contributed by atoms with van der Waals surface area (Å²) in [5, 5.41) is 12.0. The fourth-order valence-electron chi connectivity index (χ4n) is 1.65. The van der Waals surface area contributed by atoms with Gasteiger partial charge in [-0.25, -0.2) is 4.79 Å². The van der Waals surface area contributed by atoms with E-state index in [1.165, 1.54) is 6.07 Å². The fraction of sp³-hybridized carbons (Fsp3) is 0.417. The third-order valence-corrected chi connectivity index (χ3v) is 2.83. The van der Waals surface area contributed by atoms with Crippen LogP contribution in [0.1, 0.15) is 34.3 Å². The number of hydrogen-bond donors (Lipinski definition) is 2. The minimum atomic E-state index is -4.52. The molecule has 18 heavy (non-hydrogen) atoms. The van der Waals surface area contributed by atoms with Gasteiger partial charge in [-0.2, -0.15) is 13.2 Å². The number of aromatic carboxylic acids is 1. The summed E-state index contributed by atoms with van der Waals surface area (Å²) in [5.41, 5.74) is -0.851. The van der Waals surface area contributed by atoms with Crippen LogP contribution in [0.15, 0.2) is 18.2 Å². The topological polar surface area (TPSA) is 49.3 Å². The second-order valence-electron chi connectivity index (χ2n) is 4.33. The summed E-state index contributed by atoms with van der Waals surface area (Å²) in [6, 6.07) is 3.19. The Morgan fingerprint density at radius 1 is 1.39 bits per heavy atom. The molecule has 98 valence electrons. The molecule has 0 saturated heterocycles. The number of halogens is 3. The van der Waals surface area contributed by atoms with Crippen molar-refractivity contribution in [2.24, 2.45) is 0 Å². The number of benzene rings is 1. The van der Waals surface area contributed by atoms with Crippen molar-refractivity contribution in [3.05, 3.63) is 34.9 Å². The molecular formula is C12H12F3NO2. The average molecular weight is 259 g/mol. The zero-order valence-electron chi connectivity index (χ0n) is 9.42. The van der Waals surface area contributed by atoms with E-state index in [-0.39, 0.29) is 12.1 Å². The highest BCUT2D eigenvalue weighted by molar-refractivity contribution is 5.89. The third kappa shape index (κ3) is 3.01. The molecule has 0 spiro atoms. The Balaban J connectivity index is 2.25. The number of carboxylic acids is 1. The highest BCUT2D eigenvalue weighted by Crippen LogP contribution is 2.31. The molecule has 1 saturated carbocycles. The van der Waals surface area contributed by atoms with Crippen molar-refractivity contribution in [1.29, 1.82) is 0 Å². The molecule has 1 aliphatic rings. The summed E-state index contributed by atoms with van der Waals surface area (Å²) in [7, 11) is 0. The maximum absolute atomic E-state index is 12.5. The van der Waals surface area contributed by atoms with Gasteiger partial charge in [0, 0.05) is 12.6 Å². The molecule has 2 N–H and O–H groups in total. The van der Waals surface area contributed by atoms with E-state index in [0.29, 0.717) is 17.7 Å². The normalized spacial score (nSPS) is 15.7. The minimum absolute atomic E-state index is 0.282. The van der Waals surface area contributed by atoms with Crippen LogP contribution in [0, 0.1) is 0 Å². The lowest BCUT2D eigenvalue weighted by molar-refractivity contribution is -0.137. The molecule has 1 aliphatic carbocycles. The predicted molar refractivity (Wildman–Crippen MR) is 58.3 cm³/mol. The van der Waals surface area contributed by atoms with E-state index in [1.807, 2.05) is 0 Å². The average Bonchev–Trinajstić information content (AvgIpc) is 3.08. The van der Waals surface area contributed by atoms with E-state index in [1.54, 1.807) is 0 Å². The van der Waals surface area contributed by atoms with Crippen LogP contribution in [-0.2, 0) is 12.7 Å². The van der Waals surface area contributed by atoms with Gasteiger partial charge in [0.15, 0.2) is 0 Å². The van der Waals surface area contributed by atoms with Gasteiger partial charge in [-0.05, 0) is 30.5 Å². The largest absolute Gasteiger partial charge is 0.478 e. The summed E-state index contributed by atoms with van der Waals surface area (Å²) in [5.74, 6) is -1.34. The van der Waals surface area contributed by atoms with Crippen molar-refractivity contribution in [2.45, 2.75) is 31.6 Å². The predicted octanol–water partition coefficient (Wildman–Crippen LogP) is 2.66. The molecular weight excluding hydrogens is 247 g/mol. The van der Waals surface area contributed by atoms with Crippen LogP contribution in [0.3, 0.4) is 0 Å². The van der Waals surface area contributed by atoms with E-state index in [9.17, 15) is 18.0 Å². The summed E-state index contributed by atoms with van der Waals surface area (Å²) in [6.45, 7) is 0.282. The van der Waals surface area contributed by atoms with Gasteiger partial charge >= 0.3 is 12.1 Å². The van der Waals surface area contributed by atoms with E-state index in [2.05, 4.69) is 5.32 Å². The zero-order valence-corrected chi connectivity index (χ0v) is 9.42. The van der Waals surface area contributed by atoms with Crippen LogP contribution in [0.4, 0.5) is 13.2 Å². The number of rotatable bonds is 4.